The van der Waals surface area contributed by atoms with Crippen molar-refractivity contribution in [3.8, 4) is 0 Å². The molecule has 1 unspecified atom stereocenters. The van der Waals surface area contributed by atoms with Crippen molar-refractivity contribution in [2.24, 2.45) is 0 Å². The SMILES string of the molecule is CC/C=C\C/C=C\C/C=C\C/C=C\CCCCCCCCCCCCCCC(=O)OCC(COC(=O)CCCCCCC/C=C\CCCCCCCCC)OC(=O)CCCCCCCCCCCCC/C=C\C/C=C\CCCCCCC. The van der Waals surface area contributed by atoms with Crippen molar-refractivity contribution in [3.63, 3.8) is 0 Å². The third-order valence-electron chi connectivity index (χ3n) is 15.6. The van der Waals surface area contributed by atoms with E-state index >= 15 is 0 Å². The molecular weight excluding hydrogens is 1010 g/mol. The molecule has 0 aromatic rings. The summed E-state index contributed by atoms with van der Waals surface area (Å²) in [7, 11) is 0. The molecule has 0 spiro atoms. The number of allylic oxidation sites excluding steroid dienone is 14. The Morgan fingerprint density at radius 2 is 0.476 bits per heavy atom. The molecule has 0 saturated heterocycles. The van der Waals surface area contributed by atoms with Gasteiger partial charge in [-0.05, 0) is 116 Å². The number of hydrogen-bond acceptors (Lipinski definition) is 6. The zero-order chi connectivity index (χ0) is 59.2. The fraction of sp³-hybridized carbons (Fsp3) is 0.776. The molecule has 6 nitrogen and oxygen atoms in total. The molecule has 0 saturated carbocycles. The third kappa shape index (κ3) is 67.4. The van der Waals surface area contributed by atoms with E-state index in [2.05, 4.69) is 106 Å². The summed E-state index contributed by atoms with van der Waals surface area (Å²) in [5, 5.41) is 0. The number of carbonyl (C=O) groups is 3. The Morgan fingerprint density at radius 3 is 0.756 bits per heavy atom. The smallest absolute Gasteiger partial charge is 0.306 e. The second-order valence-corrected chi connectivity index (χ2v) is 23.8. The van der Waals surface area contributed by atoms with Gasteiger partial charge in [0.15, 0.2) is 6.10 Å². The lowest BCUT2D eigenvalue weighted by atomic mass is 10.0. The van der Waals surface area contributed by atoms with Crippen LogP contribution in [0.1, 0.15) is 361 Å². The predicted molar refractivity (Wildman–Crippen MR) is 358 cm³/mol. The van der Waals surface area contributed by atoms with Crippen LogP contribution in [-0.2, 0) is 28.6 Å². The second kappa shape index (κ2) is 70.1. The van der Waals surface area contributed by atoms with Gasteiger partial charge in [-0.25, -0.2) is 0 Å². The Hall–Kier alpha value is -3.41. The van der Waals surface area contributed by atoms with Crippen molar-refractivity contribution in [1.29, 1.82) is 0 Å². The maximum Gasteiger partial charge on any atom is 0.306 e. The van der Waals surface area contributed by atoms with Gasteiger partial charge in [-0.2, -0.15) is 0 Å². The molecule has 0 bridgehead atoms. The Bertz CT molecular complexity index is 1550. The molecule has 0 aliphatic heterocycles. The fourth-order valence-corrected chi connectivity index (χ4v) is 10.3. The van der Waals surface area contributed by atoms with Gasteiger partial charge in [0.1, 0.15) is 13.2 Å². The lowest BCUT2D eigenvalue weighted by Gasteiger charge is -2.18. The second-order valence-electron chi connectivity index (χ2n) is 23.8. The highest BCUT2D eigenvalue weighted by Crippen LogP contribution is 2.17. The Balaban J connectivity index is 4.34. The van der Waals surface area contributed by atoms with Gasteiger partial charge in [0, 0.05) is 19.3 Å². The summed E-state index contributed by atoms with van der Waals surface area (Å²) in [6, 6.07) is 0. The van der Waals surface area contributed by atoms with E-state index in [9.17, 15) is 14.4 Å². The van der Waals surface area contributed by atoms with Crippen LogP contribution < -0.4 is 0 Å². The number of esters is 3. The first-order valence-corrected chi connectivity index (χ1v) is 35.6. The normalized spacial score (nSPS) is 12.6. The molecule has 474 valence electrons. The van der Waals surface area contributed by atoms with Crippen LogP contribution >= 0.6 is 0 Å². The van der Waals surface area contributed by atoms with Crippen LogP contribution in [0.5, 0.6) is 0 Å². The summed E-state index contributed by atoms with van der Waals surface area (Å²) in [6.07, 6.45) is 93.2. The summed E-state index contributed by atoms with van der Waals surface area (Å²) >= 11 is 0. The molecule has 6 heteroatoms. The molecule has 0 aliphatic rings. The van der Waals surface area contributed by atoms with Gasteiger partial charge in [0.25, 0.3) is 0 Å². The summed E-state index contributed by atoms with van der Waals surface area (Å²) in [5.41, 5.74) is 0. The lowest BCUT2D eigenvalue weighted by Crippen LogP contribution is -2.30. The Kier molecular flexibility index (Phi) is 67.2. The van der Waals surface area contributed by atoms with E-state index in [-0.39, 0.29) is 31.1 Å². The zero-order valence-corrected chi connectivity index (χ0v) is 54.5. The van der Waals surface area contributed by atoms with Crippen LogP contribution in [0.3, 0.4) is 0 Å². The third-order valence-corrected chi connectivity index (χ3v) is 15.6. The quantitative estimate of drug-likeness (QED) is 0.0261. The monoisotopic (exact) mass is 1140 g/mol. The van der Waals surface area contributed by atoms with Gasteiger partial charge < -0.3 is 14.2 Å². The van der Waals surface area contributed by atoms with Crippen LogP contribution in [-0.4, -0.2) is 37.2 Å². The number of carbonyl (C=O) groups excluding carboxylic acids is 3. The van der Waals surface area contributed by atoms with Crippen LogP contribution in [0.2, 0.25) is 0 Å². The minimum atomic E-state index is -0.784. The number of unbranched alkanes of at least 4 members (excludes halogenated alkanes) is 40. The molecule has 0 radical (unpaired) electrons. The minimum absolute atomic E-state index is 0.0785. The average Bonchev–Trinajstić information content (AvgIpc) is 3.47. The molecule has 1 atom stereocenters. The molecule has 0 rings (SSSR count). The van der Waals surface area contributed by atoms with Crippen molar-refractivity contribution >= 4 is 17.9 Å². The molecule has 0 amide bonds. The van der Waals surface area contributed by atoms with E-state index in [0.717, 1.165) is 96.3 Å². The van der Waals surface area contributed by atoms with E-state index < -0.39 is 6.10 Å². The summed E-state index contributed by atoms with van der Waals surface area (Å²) in [6.45, 7) is 6.56. The van der Waals surface area contributed by atoms with Gasteiger partial charge in [-0.15, -0.1) is 0 Å². The predicted octanol–water partition coefficient (Wildman–Crippen LogP) is 24.6. The van der Waals surface area contributed by atoms with Crippen LogP contribution in [0, 0.1) is 0 Å². The standard InChI is InChI=1S/C76H134O6/c1-4-7-10-13-16-19-22-25-28-31-33-35-37-38-40-41-43-45-48-51-54-57-60-63-66-69-75(78)81-72-73(71-80-74(77)68-65-62-59-56-53-50-47-30-27-24-21-18-15-12-9-6-3)82-76(79)70-67-64-61-58-55-52-49-46-44-42-39-36-34-32-29-26-23-20-17-14-11-8-5-2/h7,10,16,19,23,25-26,28,30,32-35,47,73H,4-6,8-9,11-15,17-18,20-22,24,27,29,31,36-46,48-72H2,1-3H3/b10-7-,19-16-,26-23-,28-25-,34-32-,35-33-,47-30-. The van der Waals surface area contributed by atoms with E-state index in [0.29, 0.717) is 19.3 Å². The number of ether oxygens (including phenoxy) is 3. The van der Waals surface area contributed by atoms with Crippen LogP contribution in [0.25, 0.3) is 0 Å². The zero-order valence-electron chi connectivity index (χ0n) is 54.5. The van der Waals surface area contributed by atoms with Crippen molar-refractivity contribution < 1.29 is 28.6 Å². The molecule has 0 heterocycles. The first-order chi connectivity index (χ1) is 40.5. The Labute approximate surface area is 509 Å². The van der Waals surface area contributed by atoms with E-state index in [1.54, 1.807) is 0 Å². The van der Waals surface area contributed by atoms with Gasteiger partial charge >= 0.3 is 17.9 Å². The van der Waals surface area contributed by atoms with Gasteiger partial charge in [-0.1, -0.05) is 311 Å². The summed E-state index contributed by atoms with van der Waals surface area (Å²) in [5.74, 6) is -0.871. The summed E-state index contributed by atoms with van der Waals surface area (Å²) in [4.78, 5) is 38.5. The van der Waals surface area contributed by atoms with E-state index in [1.165, 1.54) is 225 Å². The van der Waals surface area contributed by atoms with Gasteiger partial charge in [0.05, 0.1) is 0 Å². The highest BCUT2D eigenvalue weighted by atomic mass is 16.6. The van der Waals surface area contributed by atoms with Crippen molar-refractivity contribution in [3.05, 3.63) is 85.1 Å². The van der Waals surface area contributed by atoms with Crippen LogP contribution in [0.15, 0.2) is 85.1 Å². The van der Waals surface area contributed by atoms with Gasteiger partial charge in [0.2, 0.25) is 0 Å². The highest BCUT2D eigenvalue weighted by molar-refractivity contribution is 5.71. The Morgan fingerprint density at radius 1 is 0.256 bits per heavy atom. The molecule has 0 aromatic heterocycles. The average molecular weight is 1140 g/mol. The number of hydrogen-bond donors (Lipinski definition) is 0. The number of rotatable bonds is 65. The maximum atomic E-state index is 13.0. The van der Waals surface area contributed by atoms with E-state index in [1.807, 2.05) is 0 Å². The highest BCUT2D eigenvalue weighted by Gasteiger charge is 2.19. The van der Waals surface area contributed by atoms with Gasteiger partial charge in [-0.3, -0.25) is 14.4 Å². The molecular formula is C76H134O6. The van der Waals surface area contributed by atoms with Crippen molar-refractivity contribution in [2.45, 2.75) is 367 Å². The molecule has 82 heavy (non-hydrogen) atoms. The lowest BCUT2D eigenvalue weighted by molar-refractivity contribution is -0.167. The van der Waals surface area contributed by atoms with Crippen LogP contribution in [0.4, 0.5) is 0 Å². The molecule has 0 aromatic carbocycles. The maximum absolute atomic E-state index is 13.0. The first-order valence-electron chi connectivity index (χ1n) is 35.6. The largest absolute Gasteiger partial charge is 0.462 e. The van der Waals surface area contributed by atoms with E-state index in [4.69, 9.17) is 14.2 Å². The molecule has 0 aliphatic carbocycles. The van der Waals surface area contributed by atoms with Crippen molar-refractivity contribution in [1.82, 2.24) is 0 Å². The minimum Gasteiger partial charge on any atom is -0.462 e. The van der Waals surface area contributed by atoms with Crippen molar-refractivity contribution in [2.75, 3.05) is 13.2 Å². The summed E-state index contributed by atoms with van der Waals surface area (Å²) < 4.78 is 17.0. The molecule has 0 fully saturated rings. The topological polar surface area (TPSA) is 78.9 Å². The molecule has 0 N–H and O–H groups in total. The first kappa shape index (κ1) is 78.6. The fourth-order valence-electron chi connectivity index (χ4n) is 10.3.